The summed E-state index contributed by atoms with van der Waals surface area (Å²) < 4.78 is 5.62. The van der Waals surface area contributed by atoms with Crippen LogP contribution in [-0.2, 0) is 11.2 Å². The monoisotopic (exact) mass is 247 g/mol. The average molecular weight is 247 g/mol. The van der Waals surface area contributed by atoms with Crippen molar-refractivity contribution in [3.8, 4) is 0 Å². The van der Waals surface area contributed by atoms with E-state index in [4.69, 9.17) is 10.5 Å². The highest BCUT2D eigenvalue weighted by Gasteiger charge is 2.27. The molecule has 0 aliphatic carbocycles. The molecular weight excluding hydrogens is 222 g/mol. The molecule has 2 rings (SSSR count). The number of rotatable bonds is 3. The summed E-state index contributed by atoms with van der Waals surface area (Å²) in [6.07, 6.45) is 2.45. The van der Waals surface area contributed by atoms with E-state index in [-0.39, 0.29) is 6.04 Å². The molecule has 1 aromatic rings. The molecule has 0 saturated carbocycles. The van der Waals surface area contributed by atoms with Gasteiger partial charge in [0.2, 0.25) is 0 Å². The summed E-state index contributed by atoms with van der Waals surface area (Å²) in [6.45, 7) is 9.49. The molecule has 18 heavy (non-hydrogen) atoms. The van der Waals surface area contributed by atoms with E-state index in [1.807, 2.05) is 0 Å². The minimum Gasteiger partial charge on any atom is -0.378 e. The van der Waals surface area contributed by atoms with Crippen LogP contribution in [0.25, 0.3) is 0 Å². The molecule has 1 fully saturated rings. The van der Waals surface area contributed by atoms with Crippen LogP contribution >= 0.6 is 0 Å². The fourth-order valence-corrected chi connectivity index (χ4v) is 3.08. The predicted molar refractivity (Wildman–Crippen MR) is 75.9 cm³/mol. The second-order valence-electron chi connectivity index (χ2n) is 5.88. The van der Waals surface area contributed by atoms with E-state index in [2.05, 4.69) is 39.8 Å². The molecule has 2 heteroatoms. The zero-order chi connectivity index (χ0) is 13.3. The highest BCUT2D eigenvalue weighted by molar-refractivity contribution is 5.38. The number of hydrogen-bond acceptors (Lipinski definition) is 2. The van der Waals surface area contributed by atoms with E-state index in [1.165, 1.54) is 22.3 Å². The fraction of sp³-hybridized carbons (Fsp3) is 0.625. The Morgan fingerprint density at radius 2 is 1.89 bits per heavy atom. The molecular formula is C16H25NO. The molecule has 1 aliphatic rings. The topological polar surface area (TPSA) is 35.2 Å². The molecule has 2 nitrogen and oxygen atoms in total. The molecule has 1 aliphatic heterocycles. The van der Waals surface area contributed by atoms with Gasteiger partial charge in [-0.25, -0.2) is 0 Å². The van der Waals surface area contributed by atoms with Crippen LogP contribution in [0.1, 0.15) is 35.6 Å². The van der Waals surface area contributed by atoms with Gasteiger partial charge in [-0.15, -0.1) is 0 Å². The molecule has 3 unspecified atom stereocenters. The van der Waals surface area contributed by atoms with Crippen molar-refractivity contribution in [1.82, 2.24) is 0 Å². The third-order valence-corrected chi connectivity index (χ3v) is 4.12. The lowest BCUT2D eigenvalue weighted by Crippen LogP contribution is -2.33. The number of nitrogens with two attached hydrogens (primary N) is 1. The zero-order valence-corrected chi connectivity index (χ0v) is 12.0. The average Bonchev–Trinajstić information content (AvgIpc) is 2.70. The van der Waals surface area contributed by atoms with Gasteiger partial charge in [0.25, 0.3) is 0 Å². The molecule has 100 valence electrons. The summed E-state index contributed by atoms with van der Waals surface area (Å²) in [5.74, 6) is 0.514. The van der Waals surface area contributed by atoms with Gasteiger partial charge in [-0.3, -0.25) is 0 Å². The molecule has 1 aromatic carbocycles. The second-order valence-corrected chi connectivity index (χ2v) is 5.88. The number of benzene rings is 1. The Hall–Kier alpha value is -0.860. The molecule has 0 amide bonds. The van der Waals surface area contributed by atoms with Crippen molar-refractivity contribution < 1.29 is 4.74 Å². The number of hydrogen-bond donors (Lipinski definition) is 1. The number of ether oxygens (including phenoxy) is 1. The third-order valence-electron chi connectivity index (χ3n) is 4.12. The van der Waals surface area contributed by atoms with Crippen LogP contribution in [0, 0.1) is 26.7 Å². The van der Waals surface area contributed by atoms with E-state index in [9.17, 15) is 0 Å². The molecule has 0 radical (unpaired) electrons. The van der Waals surface area contributed by atoms with Crippen LogP contribution in [0.5, 0.6) is 0 Å². The maximum atomic E-state index is 6.37. The van der Waals surface area contributed by atoms with Crippen LogP contribution < -0.4 is 5.73 Å². The summed E-state index contributed by atoms with van der Waals surface area (Å²) in [5.41, 5.74) is 11.9. The van der Waals surface area contributed by atoms with Crippen LogP contribution in [0.3, 0.4) is 0 Å². The van der Waals surface area contributed by atoms with Gasteiger partial charge >= 0.3 is 0 Å². The Labute approximate surface area is 111 Å². The van der Waals surface area contributed by atoms with Crippen LogP contribution in [0.4, 0.5) is 0 Å². The first-order chi connectivity index (χ1) is 8.47. The van der Waals surface area contributed by atoms with Crippen LogP contribution in [0.15, 0.2) is 12.1 Å². The Kier molecular flexibility index (Phi) is 4.08. The maximum absolute atomic E-state index is 6.37. The first-order valence-corrected chi connectivity index (χ1v) is 6.91. The first kappa shape index (κ1) is 13.6. The van der Waals surface area contributed by atoms with Gasteiger partial charge < -0.3 is 10.5 Å². The van der Waals surface area contributed by atoms with Crippen molar-refractivity contribution in [2.45, 2.75) is 52.7 Å². The minimum atomic E-state index is 0.218. The fourth-order valence-electron chi connectivity index (χ4n) is 3.08. The minimum absolute atomic E-state index is 0.218. The smallest absolute Gasteiger partial charge is 0.0551 e. The van der Waals surface area contributed by atoms with Gasteiger partial charge in [-0.05, 0) is 57.2 Å². The van der Waals surface area contributed by atoms with Gasteiger partial charge in [0, 0.05) is 12.0 Å². The largest absolute Gasteiger partial charge is 0.378 e. The Balaban J connectivity index is 2.09. The third kappa shape index (κ3) is 2.93. The van der Waals surface area contributed by atoms with E-state index in [0.29, 0.717) is 12.0 Å². The number of aryl methyl sites for hydroxylation is 3. The van der Waals surface area contributed by atoms with Crippen LogP contribution in [0.2, 0.25) is 0 Å². The lowest BCUT2D eigenvalue weighted by atomic mass is 9.88. The Bertz CT molecular complexity index is 404. The van der Waals surface area contributed by atoms with Crippen molar-refractivity contribution in [2.24, 2.45) is 11.7 Å². The van der Waals surface area contributed by atoms with Crippen molar-refractivity contribution in [1.29, 1.82) is 0 Å². The van der Waals surface area contributed by atoms with Gasteiger partial charge in [0.1, 0.15) is 0 Å². The van der Waals surface area contributed by atoms with E-state index < -0.39 is 0 Å². The molecule has 0 aromatic heterocycles. The lowest BCUT2D eigenvalue weighted by Gasteiger charge is -2.20. The van der Waals surface area contributed by atoms with E-state index in [0.717, 1.165) is 19.4 Å². The molecule has 1 heterocycles. The quantitative estimate of drug-likeness (QED) is 0.891. The van der Waals surface area contributed by atoms with Gasteiger partial charge in [0.05, 0.1) is 12.7 Å². The molecule has 0 bridgehead atoms. The summed E-state index contributed by atoms with van der Waals surface area (Å²) in [5, 5.41) is 0. The van der Waals surface area contributed by atoms with Crippen molar-refractivity contribution in [2.75, 3.05) is 6.61 Å². The van der Waals surface area contributed by atoms with Gasteiger partial charge in [-0.1, -0.05) is 17.7 Å². The highest BCUT2D eigenvalue weighted by Crippen LogP contribution is 2.25. The lowest BCUT2D eigenvalue weighted by molar-refractivity contribution is 0.118. The standard InChI is InChI=1S/C16H25NO/c1-10-5-11(2)15(12(3)6-10)8-16(17)14-7-13(4)18-9-14/h5-6,13-14,16H,7-9,17H2,1-4H3. The summed E-state index contributed by atoms with van der Waals surface area (Å²) in [4.78, 5) is 0. The van der Waals surface area contributed by atoms with Crippen LogP contribution in [-0.4, -0.2) is 18.8 Å². The molecule has 0 spiro atoms. The zero-order valence-electron chi connectivity index (χ0n) is 12.0. The van der Waals surface area contributed by atoms with Gasteiger partial charge in [0.15, 0.2) is 0 Å². The molecule has 2 N–H and O–H groups in total. The summed E-state index contributed by atoms with van der Waals surface area (Å²) >= 11 is 0. The Morgan fingerprint density at radius 3 is 2.39 bits per heavy atom. The SMILES string of the molecule is Cc1cc(C)c(CC(N)C2COC(C)C2)c(C)c1. The van der Waals surface area contributed by atoms with E-state index >= 15 is 0 Å². The Morgan fingerprint density at radius 1 is 1.28 bits per heavy atom. The maximum Gasteiger partial charge on any atom is 0.0551 e. The predicted octanol–water partition coefficient (Wildman–Crippen LogP) is 2.91. The summed E-state index contributed by atoms with van der Waals surface area (Å²) in [6, 6.07) is 4.72. The van der Waals surface area contributed by atoms with Crippen molar-refractivity contribution >= 4 is 0 Å². The highest BCUT2D eigenvalue weighted by atomic mass is 16.5. The first-order valence-electron chi connectivity index (χ1n) is 6.91. The van der Waals surface area contributed by atoms with Crippen molar-refractivity contribution in [3.05, 3.63) is 34.4 Å². The normalized spacial score (nSPS) is 25.4. The second kappa shape index (κ2) is 5.41. The molecule has 3 atom stereocenters. The van der Waals surface area contributed by atoms with Gasteiger partial charge in [-0.2, -0.15) is 0 Å². The van der Waals surface area contributed by atoms with Crippen molar-refractivity contribution in [3.63, 3.8) is 0 Å². The molecule has 1 saturated heterocycles. The summed E-state index contributed by atoms with van der Waals surface area (Å²) in [7, 11) is 0. The van der Waals surface area contributed by atoms with E-state index in [1.54, 1.807) is 0 Å².